The highest BCUT2D eigenvalue weighted by Crippen LogP contribution is 2.33. The molecule has 0 aliphatic rings. The zero-order valence-corrected chi connectivity index (χ0v) is 18.4. The Kier molecular flexibility index (Phi) is 7.83. The first kappa shape index (κ1) is 22.1. The van der Waals surface area contributed by atoms with Gasteiger partial charge in [-0.05, 0) is 46.8 Å². The predicted molar refractivity (Wildman–Crippen MR) is 130 cm³/mol. The molecule has 0 N–H and O–H groups in total. The molecule has 0 heterocycles. The number of rotatable bonds is 7. The number of carbonyl (C=O) groups is 1. The smallest absolute Gasteiger partial charge is 0.150 e. The zero-order valence-electron chi connectivity index (χ0n) is 18.4. The van der Waals surface area contributed by atoms with Gasteiger partial charge >= 0.3 is 0 Å². The molecule has 3 nitrogen and oxygen atoms in total. The fourth-order valence-electron chi connectivity index (χ4n) is 3.67. The molecule has 4 aromatic rings. The van der Waals surface area contributed by atoms with E-state index in [0.29, 0.717) is 5.56 Å². The number of aldehydes is 1. The standard InChI is InChI=1S/C26H23NO2.C2H6/c1-29-23-13-14-24-22(19-28)12-15-26(25(24)16-23)27(17-20-8-4-2-5-9-20)18-21-10-6-3-7-11-21;1-2/h2-16,19H,17-18H2,1H3;1-2H3. The van der Waals surface area contributed by atoms with Gasteiger partial charge in [-0.15, -0.1) is 0 Å². The number of carbonyl (C=O) groups excluding carboxylic acids is 1. The van der Waals surface area contributed by atoms with Gasteiger partial charge in [0.05, 0.1) is 7.11 Å². The molecule has 0 bridgehead atoms. The molecular weight excluding hydrogens is 382 g/mol. The first-order chi connectivity index (χ1) is 15.3. The van der Waals surface area contributed by atoms with Crippen molar-refractivity contribution in [2.45, 2.75) is 26.9 Å². The molecule has 0 unspecified atom stereocenters. The summed E-state index contributed by atoms with van der Waals surface area (Å²) < 4.78 is 5.46. The summed E-state index contributed by atoms with van der Waals surface area (Å²) in [5.74, 6) is 0.779. The lowest BCUT2D eigenvalue weighted by molar-refractivity contribution is 0.112. The predicted octanol–water partition coefficient (Wildman–Crippen LogP) is 6.89. The average molecular weight is 412 g/mol. The van der Waals surface area contributed by atoms with Crippen LogP contribution >= 0.6 is 0 Å². The molecule has 158 valence electrons. The van der Waals surface area contributed by atoms with Crippen molar-refractivity contribution in [3.63, 3.8) is 0 Å². The molecule has 0 spiro atoms. The van der Waals surface area contributed by atoms with E-state index >= 15 is 0 Å². The Balaban J connectivity index is 0.00000132. The normalized spacial score (nSPS) is 10.2. The lowest BCUT2D eigenvalue weighted by Gasteiger charge is -2.27. The van der Waals surface area contributed by atoms with Crippen LogP contribution in [0.4, 0.5) is 5.69 Å². The number of fused-ring (bicyclic) bond motifs is 1. The van der Waals surface area contributed by atoms with Gasteiger partial charge in [0.1, 0.15) is 5.75 Å². The Labute approximate surface area is 184 Å². The van der Waals surface area contributed by atoms with Crippen LogP contribution in [0.15, 0.2) is 91.0 Å². The van der Waals surface area contributed by atoms with Crippen LogP contribution in [-0.2, 0) is 13.1 Å². The Morgan fingerprint density at radius 1 is 0.742 bits per heavy atom. The molecule has 0 aliphatic heterocycles. The van der Waals surface area contributed by atoms with Crippen molar-refractivity contribution in [2.24, 2.45) is 0 Å². The lowest BCUT2D eigenvalue weighted by Crippen LogP contribution is -2.22. The SMILES string of the molecule is CC.COc1ccc2c(C=O)ccc(N(Cc3ccccc3)Cc3ccccc3)c2c1. The minimum atomic E-state index is 0.686. The molecule has 3 heteroatoms. The molecule has 0 aromatic heterocycles. The second-order valence-electron chi connectivity index (χ2n) is 7.03. The molecule has 0 saturated heterocycles. The molecule has 0 fully saturated rings. The summed E-state index contributed by atoms with van der Waals surface area (Å²) in [6.45, 7) is 5.53. The van der Waals surface area contributed by atoms with Crippen LogP contribution in [0, 0.1) is 0 Å². The largest absolute Gasteiger partial charge is 0.497 e. The lowest BCUT2D eigenvalue weighted by atomic mass is 10.0. The van der Waals surface area contributed by atoms with Crippen molar-refractivity contribution in [1.29, 1.82) is 0 Å². The van der Waals surface area contributed by atoms with Crippen molar-refractivity contribution in [3.8, 4) is 5.75 Å². The number of nitrogens with zero attached hydrogens (tertiary/aromatic N) is 1. The van der Waals surface area contributed by atoms with Crippen LogP contribution in [-0.4, -0.2) is 13.4 Å². The minimum absolute atomic E-state index is 0.686. The molecule has 0 aliphatic carbocycles. The first-order valence-electron chi connectivity index (χ1n) is 10.7. The maximum Gasteiger partial charge on any atom is 0.150 e. The first-order valence-corrected chi connectivity index (χ1v) is 10.7. The Hall–Kier alpha value is -3.59. The van der Waals surface area contributed by atoms with E-state index in [0.717, 1.165) is 41.6 Å². The van der Waals surface area contributed by atoms with Gasteiger partial charge in [-0.2, -0.15) is 0 Å². The molecular formula is C28H29NO2. The van der Waals surface area contributed by atoms with Crippen molar-refractivity contribution in [2.75, 3.05) is 12.0 Å². The molecule has 4 aromatic carbocycles. The van der Waals surface area contributed by atoms with Crippen molar-refractivity contribution in [3.05, 3.63) is 108 Å². The van der Waals surface area contributed by atoms with E-state index in [-0.39, 0.29) is 0 Å². The summed E-state index contributed by atoms with van der Waals surface area (Å²) in [6.07, 6.45) is 0.914. The van der Waals surface area contributed by atoms with Gasteiger partial charge in [0.25, 0.3) is 0 Å². The van der Waals surface area contributed by atoms with Gasteiger partial charge in [-0.25, -0.2) is 0 Å². The fraction of sp³-hybridized carbons (Fsp3) is 0.179. The second kappa shape index (κ2) is 11.0. The van der Waals surface area contributed by atoms with Gasteiger partial charge in [-0.1, -0.05) is 74.5 Å². The number of methoxy groups -OCH3 is 1. The molecule has 0 saturated carbocycles. The van der Waals surface area contributed by atoms with E-state index in [2.05, 4.69) is 53.4 Å². The van der Waals surface area contributed by atoms with E-state index in [1.54, 1.807) is 7.11 Å². The van der Waals surface area contributed by atoms with E-state index in [4.69, 9.17) is 4.74 Å². The number of ether oxygens (including phenoxy) is 1. The number of hydrogen-bond donors (Lipinski definition) is 0. The highest BCUT2D eigenvalue weighted by molar-refractivity contribution is 6.04. The van der Waals surface area contributed by atoms with Gasteiger partial charge in [0, 0.05) is 29.7 Å². The van der Waals surface area contributed by atoms with E-state index in [9.17, 15) is 4.79 Å². The number of anilines is 1. The Morgan fingerprint density at radius 3 is 1.84 bits per heavy atom. The van der Waals surface area contributed by atoms with E-state index < -0.39 is 0 Å². The summed E-state index contributed by atoms with van der Waals surface area (Å²) in [4.78, 5) is 13.9. The van der Waals surface area contributed by atoms with E-state index in [1.165, 1.54) is 11.1 Å². The zero-order chi connectivity index (χ0) is 22.1. The van der Waals surface area contributed by atoms with Crippen LogP contribution in [0.3, 0.4) is 0 Å². The summed E-state index contributed by atoms with van der Waals surface area (Å²) in [5.41, 5.74) is 4.24. The number of hydrogen-bond acceptors (Lipinski definition) is 3. The number of benzene rings is 4. The minimum Gasteiger partial charge on any atom is -0.497 e. The summed E-state index contributed by atoms with van der Waals surface area (Å²) >= 11 is 0. The van der Waals surface area contributed by atoms with E-state index in [1.807, 2.05) is 56.3 Å². The third kappa shape index (κ3) is 5.32. The fourth-order valence-corrected chi connectivity index (χ4v) is 3.67. The monoisotopic (exact) mass is 411 g/mol. The highest BCUT2D eigenvalue weighted by atomic mass is 16.5. The highest BCUT2D eigenvalue weighted by Gasteiger charge is 2.14. The third-order valence-electron chi connectivity index (χ3n) is 5.13. The van der Waals surface area contributed by atoms with Crippen LogP contribution in [0.25, 0.3) is 10.8 Å². The molecule has 0 atom stereocenters. The van der Waals surface area contributed by atoms with Gasteiger partial charge in [-0.3, -0.25) is 4.79 Å². The quantitative estimate of drug-likeness (QED) is 0.310. The Morgan fingerprint density at radius 2 is 1.32 bits per heavy atom. The van der Waals surface area contributed by atoms with Gasteiger partial charge in [0.2, 0.25) is 0 Å². The summed E-state index contributed by atoms with van der Waals surface area (Å²) in [5, 5.41) is 1.95. The van der Waals surface area contributed by atoms with Crippen molar-refractivity contribution < 1.29 is 9.53 Å². The van der Waals surface area contributed by atoms with Crippen LogP contribution in [0.1, 0.15) is 35.3 Å². The van der Waals surface area contributed by atoms with Crippen LogP contribution in [0.5, 0.6) is 5.75 Å². The van der Waals surface area contributed by atoms with Crippen molar-refractivity contribution >= 4 is 22.7 Å². The average Bonchev–Trinajstić information content (AvgIpc) is 2.85. The molecule has 0 amide bonds. The van der Waals surface area contributed by atoms with Gasteiger partial charge in [0.15, 0.2) is 6.29 Å². The molecule has 4 rings (SSSR count). The van der Waals surface area contributed by atoms with Crippen LogP contribution < -0.4 is 9.64 Å². The van der Waals surface area contributed by atoms with Gasteiger partial charge < -0.3 is 9.64 Å². The summed E-state index contributed by atoms with van der Waals surface area (Å²) in [6, 6.07) is 30.7. The maximum atomic E-state index is 11.6. The molecule has 0 radical (unpaired) electrons. The third-order valence-corrected chi connectivity index (χ3v) is 5.13. The van der Waals surface area contributed by atoms with Crippen molar-refractivity contribution in [1.82, 2.24) is 0 Å². The Bertz CT molecular complexity index is 1070. The topological polar surface area (TPSA) is 29.5 Å². The summed E-state index contributed by atoms with van der Waals surface area (Å²) in [7, 11) is 1.66. The molecule has 31 heavy (non-hydrogen) atoms. The second-order valence-corrected chi connectivity index (χ2v) is 7.03. The maximum absolute atomic E-state index is 11.6. The van der Waals surface area contributed by atoms with Crippen LogP contribution in [0.2, 0.25) is 0 Å².